The van der Waals surface area contributed by atoms with E-state index in [1.165, 1.54) is 11.6 Å². The van der Waals surface area contributed by atoms with E-state index in [0.717, 1.165) is 24.0 Å². The maximum absolute atomic E-state index is 12.0. The molecule has 1 aliphatic rings. The number of hydrogen-bond acceptors (Lipinski definition) is 3. The molecule has 0 saturated carbocycles. The van der Waals surface area contributed by atoms with Gasteiger partial charge in [0.25, 0.3) is 0 Å². The highest BCUT2D eigenvalue weighted by Gasteiger charge is 2.34. The zero-order valence-electron chi connectivity index (χ0n) is 12.9. The number of rotatable bonds is 4. The van der Waals surface area contributed by atoms with Crippen LogP contribution in [0.2, 0.25) is 0 Å². The number of benzene rings is 1. The molecule has 4 heteroatoms. The largest absolute Gasteiger partial charge is 0.383 e. The Labute approximate surface area is 135 Å². The Morgan fingerprint density at radius 3 is 2.87 bits per heavy atom. The molecule has 0 spiro atoms. The quantitative estimate of drug-likeness (QED) is 0.853. The predicted octanol–water partition coefficient (Wildman–Crippen LogP) is 2.44. The van der Waals surface area contributed by atoms with Crippen LogP contribution in [0.3, 0.4) is 0 Å². The molecule has 118 valence electrons. The molecule has 1 aliphatic carbocycles. The molecule has 1 aromatic heterocycles. The molecule has 23 heavy (non-hydrogen) atoms. The van der Waals surface area contributed by atoms with E-state index in [-0.39, 0.29) is 12.5 Å². The van der Waals surface area contributed by atoms with Gasteiger partial charge in [-0.05, 0) is 54.2 Å². The zero-order chi connectivity index (χ0) is 16.1. The van der Waals surface area contributed by atoms with Crippen LogP contribution in [0.5, 0.6) is 0 Å². The highest BCUT2D eigenvalue weighted by molar-refractivity contribution is 5.91. The highest BCUT2D eigenvalue weighted by Crippen LogP contribution is 2.34. The fourth-order valence-electron chi connectivity index (χ4n) is 3.02. The number of aryl methyl sites for hydroxylation is 1. The van der Waals surface area contributed by atoms with Crippen LogP contribution in [0, 0.1) is 0 Å². The van der Waals surface area contributed by atoms with Crippen molar-refractivity contribution >= 4 is 12.0 Å². The number of nitrogens with zero attached hydrogens (tertiary/aromatic N) is 1. The van der Waals surface area contributed by atoms with Crippen molar-refractivity contribution in [1.82, 2.24) is 10.3 Å². The number of hydrogen-bond donors (Lipinski definition) is 2. The Balaban J connectivity index is 1.64. The molecular formula is C19H20N2O2. The first-order chi connectivity index (χ1) is 11.2. The minimum absolute atomic E-state index is 0.210. The van der Waals surface area contributed by atoms with Gasteiger partial charge in [-0.1, -0.05) is 24.3 Å². The highest BCUT2D eigenvalue weighted by atomic mass is 16.3. The lowest BCUT2D eigenvalue weighted by Crippen LogP contribution is -2.42. The number of nitrogens with one attached hydrogen (secondary N) is 1. The summed E-state index contributed by atoms with van der Waals surface area (Å²) in [6.45, 7) is 0.226. The monoisotopic (exact) mass is 308 g/mol. The average Bonchev–Trinajstić information content (AvgIpc) is 2.60. The Kier molecular flexibility index (Phi) is 4.53. The third-order valence-corrected chi connectivity index (χ3v) is 4.24. The fraction of sp³-hybridized carbons (Fsp3) is 0.263. The van der Waals surface area contributed by atoms with E-state index >= 15 is 0 Å². The van der Waals surface area contributed by atoms with Crippen LogP contribution in [-0.2, 0) is 16.8 Å². The molecule has 2 aromatic rings. The normalized spacial score (nSPS) is 20.2. The lowest BCUT2D eigenvalue weighted by Gasteiger charge is -2.34. The standard InChI is InChI=1S/C19H20N2O2/c22-18(8-7-15-9-12-20-13-10-15)21-14-19(23)11-3-5-16-4-1-2-6-17(16)19/h1-2,4,6-10,12-13,23H,3,5,11,14H2,(H,21,22)/b8-7+/t19-/m1/s1. The molecule has 0 saturated heterocycles. The van der Waals surface area contributed by atoms with Gasteiger partial charge in [0.1, 0.15) is 5.60 Å². The van der Waals surface area contributed by atoms with Crippen LogP contribution in [0.1, 0.15) is 29.5 Å². The summed E-state index contributed by atoms with van der Waals surface area (Å²) in [5.41, 5.74) is 2.04. The second-order valence-corrected chi connectivity index (χ2v) is 5.87. The molecule has 1 atom stereocenters. The molecule has 0 unspecified atom stereocenters. The summed E-state index contributed by atoms with van der Waals surface area (Å²) in [7, 11) is 0. The number of carbonyl (C=O) groups excluding carboxylic acids is 1. The smallest absolute Gasteiger partial charge is 0.244 e. The molecule has 4 nitrogen and oxygen atoms in total. The van der Waals surface area contributed by atoms with E-state index < -0.39 is 5.60 Å². The summed E-state index contributed by atoms with van der Waals surface area (Å²) < 4.78 is 0. The van der Waals surface area contributed by atoms with Gasteiger partial charge in [0.15, 0.2) is 0 Å². The number of aromatic nitrogens is 1. The van der Waals surface area contributed by atoms with Gasteiger partial charge in [-0.15, -0.1) is 0 Å². The number of amides is 1. The maximum atomic E-state index is 12.0. The van der Waals surface area contributed by atoms with Crippen LogP contribution in [0.25, 0.3) is 6.08 Å². The van der Waals surface area contributed by atoms with Gasteiger partial charge in [0, 0.05) is 18.5 Å². The molecule has 2 N–H and O–H groups in total. The second-order valence-electron chi connectivity index (χ2n) is 5.87. The molecule has 1 aromatic carbocycles. The Morgan fingerprint density at radius 1 is 1.26 bits per heavy atom. The van der Waals surface area contributed by atoms with Crippen LogP contribution >= 0.6 is 0 Å². The molecule has 0 bridgehead atoms. The van der Waals surface area contributed by atoms with Crippen molar-refractivity contribution in [3.8, 4) is 0 Å². The number of pyridine rings is 1. The number of carbonyl (C=O) groups is 1. The maximum Gasteiger partial charge on any atom is 0.244 e. The topological polar surface area (TPSA) is 62.2 Å². The van der Waals surface area contributed by atoms with Crippen molar-refractivity contribution in [3.63, 3.8) is 0 Å². The van der Waals surface area contributed by atoms with Crippen molar-refractivity contribution in [2.24, 2.45) is 0 Å². The molecule has 0 fully saturated rings. The number of aliphatic hydroxyl groups is 1. The van der Waals surface area contributed by atoms with Gasteiger partial charge in [0.05, 0.1) is 6.54 Å². The Morgan fingerprint density at radius 2 is 2.04 bits per heavy atom. The third-order valence-electron chi connectivity index (χ3n) is 4.24. The first-order valence-electron chi connectivity index (χ1n) is 7.84. The Bertz CT molecular complexity index is 712. The van der Waals surface area contributed by atoms with Crippen molar-refractivity contribution in [3.05, 3.63) is 71.6 Å². The summed E-state index contributed by atoms with van der Waals surface area (Å²) in [6, 6.07) is 11.6. The van der Waals surface area contributed by atoms with E-state index in [0.29, 0.717) is 6.42 Å². The van der Waals surface area contributed by atoms with Crippen molar-refractivity contribution in [2.75, 3.05) is 6.54 Å². The molecule has 1 heterocycles. The summed E-state index contributed by atoms with van der Waals surface area (Å²) in [6.07, 6.45) is 9.14. The summed E-state index contributed by atoms with van der Waals surface area (Å²) in [5, 5.41) is 13.7. The minimum Gasteiger partial charge on any atom is -0.383 e. The van der Waals surface area contributed by atoms with Gasteiger partial charge in [-0.25, -0.2) is 0 Å². The molecular weight excluding hydrogens is 288 g/mol. The molecule has 0 aliphatic heterocycles. The van der Waals surface area contributed by atoms with Gasteiger partial charge in [-0.2, -0.15) is 0 Å². The van der Waals surface area contributed by atoms with E-state index in [4.69, 9.17) is 0 Å². The van der Waals surface area contributed by atoms with Gasteiger partial charge in [0.2, 0.25) is 5.91 Å². The van der Waals surface area contributed by atoms with Gasteiger partial charge in [-0.3, -0.25) is 9.78 Å². The zero-order valence-corrected chi connectivity index (χ0v) is 12.9. The van der Waals surface area contributed by atoms with Crippen molar-refractivity contribution < 1.29 is 9.90 Å². The lowest BCUT2D eigenvalue weighted by molar-refractivity contribution is -0.118. The van der Waals surface area contributed by atoms with Crippen molar-refractivity contribution in [1.29, 1.82) is 0 Å². The Hall–Kier alpha value is -2.46. The van der Waals surface area contributed by atoms with Crippen LogP contribution < -0.4 is 5.32 Å². The van der Waals surface area contributed by atoms with E-state index in [9.17, 15) is 9.90 Å². The summed E-state index contributed by atoms with van der Waals surface area (Å²) >= 11 is 0. The first-order valence-corrected chi connectivity index (χ1v) is 7.84. The van der Waals surface area contributed by atoms with Gasteiger partial charge >= 0.3 is 0 Å². The van der Waals surface area contributed by atoms with Gasteiger partial charge < -0.3 is 10.4 Å². The van der Waals surface area contributed by atoms with Crippen LogP contribution in [-0.4, -0.2) is 22.5 Å². The van der Waals surface area contributed by atoms with E-state index in [2.05, 4.69) is 10.3 Å². The SMILES string of the molecule is O=C(/C=C/c1ccncc1)NC[C@]1(O)CCCc2ccccc21. The van der Waals surface area contributed by atoms with Crippen molar-refractivity contribution in [2.45, 2.75) is 24.9 Å². The molecule has 3 rings (SSSR count). The predicted molar refractivity (Wildman–Crippen MR) is 89.6 cm³/mol. The summed E-state index contributed by atoms with van der Waals surface area (Å²) in [4.78, 5) is 15.9. The molecule has 0 radical (unpaired) electrons. The van der Waals surface area contributed by atoms with Crippen LogP contribution in [0.15, 0.2) is 54.9 Å². The second kappa shape index (κ2) is 6.75. The first kappa shape index (κ1) is 15.4. The third kappa shape index (κ3) is 3.66. The molecule has 1 amide bonds. The number of fused-ring (bicyclic) bond motifs is 1. The minimum atomic E-state index is -0.977. The lowest BCUT2D eigenvalue weighted by atomic mass is 9.79. The fourth-order valence-corrected chi connectivity index (χ4v) is 3.02. The van der Waals surface area contributed by atoms with E-state index in [1.807, 2.05) is 36.4 Å². The van der Waals surface area contributed by atoms with Crippen LogP contribution in [0.4, 0.5) is 0 Å². The summed E-state index contributed by atoms with van der Waals surface area (Å²) in [5.74, 6) is -0.210. The average molecular weight is 308 g/mol. The van der Waals surface area contributed by atoms with E-state index in [1.54, 1.807) is 18.5 Å².